The molecule has 47 heavy (non-hydrogen) atoms. The van der Waals surface area contributed by atoms with E-state index in [1.165, 1.54) is 4.90 Å². The Balaban J connectivity index is 1.60. The molecule has 1 saturated carbocycles. The third-order valence-corrected chi connectivity index (χ3v) is 9.07. The molecular formula is C31H42N3O12P. The third-order valence-electron chi connectivity index (χ3n) is 8.03. The van der Waals surface area contributed by atoms with Crippen LogP contribution in [0.4, 0.5) is 0 Å². The molecule has 2 aromatic rings. The highest BCUT2D eigenvalue weighted by atomic mass is 31.2. The van der Waals surface area contributed by atoms with E-state index in [0.717, 1.165) is 11.1 Å². The molecule has 2 atom stereocenters. The largest absolute Gasteiger partial charge is 0.480 e. The quantitative estimate of drug-likeness (QED) is 0.0568. The van der Waals surface area contributed by atoms with Crippen LogP contribution >= 0.6 is 7.82 Å². The van der Waals surface area contributed by atoms with Crippen molar-refractivity contribution in [3.8, 4) is 0 Å². The van der Waals surface area contributed by atoms with Gasteiger partial charge in [-0.1, -0.05) is 60.7 Å². The number of phosphoric acid groups is 1. The molecule has 2 aromatic carbocycles. The Morgan fingerprint density at radius 1 is 0.872 bits per heavy atom. The van der Waals surface area contributed by atoms with E-state index in [4.69, 9.17) is 24.4 Å². The lowest BCUT2D eigenvalue weighted by molar-refractivity contribution is -0.151. The molecule has 0 aliphatic heterocycles. The van der Waals surface area contributed by atoms with E-state index in [9.17, 15) is 33.7 Å². The summed E-state index contributed by atoms with van der Waals surface area (Å²) < 4.78 is 23.9. The fourth-order valence-electron chi connectivity index (χ4n) is 5.83. The standard InChI is InChI=1S/C31H42N3O12P/c35-26(36)18-33-24(19-34(20-27(37)38)17-7-16-32-28(29(39)40)30(41)42)21-45-47(43,44)46-25-12-14-31(15-13-25,22-8-3-1-4-9-22)23-10-5-2-6-11-23/h1-6,8-11,24-25,28,32-33H,7,12-21H2,(H,35,36)(H,37,38)(H,39,40)(H,41,42)(H,43,44). The first-order chi connectivity index (χ1) is 22.3. The molecule has 7 N–H and O–H groups in total. The number of aliphatic carboxylic acids is 4. The van der Waals surface area contributed by atoms with Crippen molar-refractivity contribution in [1.82, 2.24) is 15.5 Å². The molecule has 3 rings (SSSR count). The van der Waals surface area contributed by atoms with Crippen molar-refractivity contribution in [2.45, 2.75) is 55.7 Å². The zero-order valence-corrected chi connectivity index (χ0v) is 26.7. The van der Waals surface area contributed by atoms with Crippen molar-refractivity contribution in [3.05, 3.63) is 71.8 Å². The fourth-order valence-corrected chi connectivity index (χ4v) is 6.84. The van der Waals surface area contributed by atoms with Crippen molar-refractivity contribution in [1.29, 1.82) is 0 Å². The van der Waals surface area contributed by atoms with Gasteiger partial charge in [-0.15, -0.1) is 0 Å². The van der Waals surface area contributed by atoms with E-state index in [1.807, 2.05) is 36.4 Å². The lowest BCUT2D eigenvalue weighted by Gasteiger charge is -2.41. The van der Waals surface area contributed by atoms with Crippen molar-refractivity contribution in [3.63, 3.8) is 0 Å². The third kappa shape index (κ3) is 12.1. The predicted octanol–water partition coefficient (Wildman–Crippen LogP) is 2.00. The highest BCUT2D eigenvalue weighted by Crippen LogP contribution is 2.51. The molecule has 0 saturated heterocycles. The highest BCUT2D eigenvalue weighted by Gasteiger charge is 2.41. The van der Waals surface area contributed by atoms with Crippen LogP contribution in [-0.2, 0) is 38.2 Å². The first kappa shape index (κ1) is 37.8. The van der Waals surface area contributed by atoms with Crippen LogP contribution in [0.3, 0.4) is 0 Å². The first-order valence-electron chi connectivity index (χ1n) is 15.2. The van der Waals surface area contributed by atoms with Crippen molar-refractivity contribution >= 4 is 31.7 Å². The summed E-state index contributed by atoms with van der Waals surface area (Å²) in [6.07, 6.45) is 1.84. The van der Waals surface area contributed by atoms with Crippen LogP contribution in [0.15, 0.2) is 60.7 Å². The number of hydrogen-bond donors (Lipinski definition) is 7. The summed E-state index contributed by atoms with van der Waals surface area (Å²) in [5.41, 5.74) is 2.00. The van der Waals surface area contributed by atoms with Crippen LogP contribution in [0, 0.1) is 0 Å². The van der Waals surface area contributed by atoms with Crippen molar-refractivity contribution in [2.24, 2.45) is 0 Å². The van der Waals surface area contributed by atoms with Crippen LogP contribution in [0.5, 0.6) is 0 Å². The molecule has 1 aliphatic rings. The molecule has 1 aliphatic carbocycles. The zero-order chi connectivity index (χ0) is 34.5. The Labute approximate surface area is 272 Å². The molecule has 0 heterocycles. The number of carboxylic acids is 4. The van der Waals surface area contributed by atoms with Gasteiger partial charge < -0.3 is 30.6 Å². The van der Waals surface area contributed by atoms with E-state index in [2.05, 4.69) is 34.9 Å². The molecule has 1 fully saturated rings. The second kappa shape index (κ2) is 18.0. The number of rotatable bonds is 21. The van der Waals surface area contributed by atoms with E-state index < -0.39 is 69.6 Å². The maximum absolute atomic E-state index is 13.0. The number of benzene rings is 2. The average molecular weight is 680 g/mol. The molecular weight excluding hydrogens is 637 g/mol. The van der Waals surface area contributed by atoms with Crippen LogP contribution in [0.25, 0.3) is 0 Å². The summed E-state index contributed by atoms with van der Waals surface area (Å²) in [5, 5.41) is 41.5. The number of nitrogens with one attached hydrogen (secondary N) is 2. The van der Waals surface area contributed by atoms with Gasteiger partial charge in [0, 0.05) is 24.5 Å². The topological polar surface area (TPSA) is 232 Å². The van der Waals surface area contributed by atoms with E-state index in [0.29, 0.717) is 25.7 Å². The Kier molecular flexibility index (Phi) is 14.5. The molecule has 15 nitrogen and oxygen atoms in total. The van der Waals surface area contributed by atoms with Gasteiger partial charge in [0.2, 0.25) is 6.04 Å². The van der Waals surface area contributed by atoms with Crippen molar-refractivity contribution in [2.75, 3.05) is 39.3 Å². The fraction of sp³-hybridized carbons (Fsp3) is 0.484. The minimum Gasteiger partial charge on any atom is -0.480 e. The predicted molar refractivity (Wildman–Crippen MR) is 168 cm³/mol. The zero-order valence-electron chi connectivity index (χ0n) is 25.8. The van der Waals surface area contributed by atoms with Crippen LogP contribution in [0.2, 0.25) is 0 Å². The van der Waals surface area contributed by atoms with Gasteiger partial charge in [-0.25, -0.2) is 14.2 Å². The van der Waals surface area contributed by atoms with Gasteiger partial charge in [0.25, 0.3) is 0 Å². The molecule has 0 amide bonds. The molecule has 0 spiro atoms. The summed E-state index contributed by atoms with van der Waals surface area (Å²) >= 11 is 0. The molecule has 0 aromatic heterocycles. The van der Waals surface area contributed by atoms with Crippen molar-refractivity contribution < 1.29 is 58.1 Å². The summed E-state index contributed by atoms with van der Waals surface area (Å²) in [5.74, 6) is -5.58. The number of nitrogens with zero attached hydrogens (tertiary/aromatic N) is 1. The van der Waals surface area contributed by atoms with Crippen LogP contribution < -0.4 is 10.6 Å². The van der Waals surface area contributed by atoms with Gasteiger partial charge in [0.05, 0.1) is 25.8 Å². The minimum absolute atomic E-state index is 0.0520. The maximum Gasteiger partial charge on any atom is 0.472 e. The normalized spacial score (nSPS) is 16.8. The molecule has 258 valence electrons. The average Bonchev–Trinajstić information content (AvgIpc) is 3.02. The van der Waals surface area contributed by atoms with Gasteiger partial charge in [-0.3, -0.25) is 28.9 Å². The number of carbonyl (C=O) groups is 4. The maximum atomic E-state index is 13.0. The summed E-state index contributed by atoms with van der Waals surface area (Å²) in [6.45, 7) is -1.67. The monoisotopic (exact) mass is 679 g/mol. The Morgan fingerprint density at radius 2 is 1.43 bits per heavy atom. The van der Waals surface area contributed by atoms with Gasteiger partial charge in [0.1, 0.15) is 0 Å². The summed E-state index contributed by atoms with van der Waals surface area (Å²) in [7, 11) is -4.62. The lowest BCUT2D eigenvalue weighted by atomic mass is 9.65. The summed E-state index contributed by atoms with van der Waals surface area (Å²) in [6, 6.07) is 17.4. The molecule has 0 bridgehead atoms. The highest BCUT2D eigenvalue weighted by molar-refractivity contribution is 7.47. The Bertz CT molecular complexity index is 1320. The van der Waals surface area contributed by atoms with Gasteiger partial charge in [0.15, 0.2) is 0 Å². The Morgan fingerprint density at radius 3 is 1.91 bits per heavy atom. The van der Waals surface area contributed by atoms with Gasteiger partial charge >= 0.3 is 31.7 Å². The lowest BCUT2D eigenvalue weighted by Crippen LogP contribution is -2.48. The number of phosphoric ester groups is 1. The molecule has 16 heteroatoms. The SMILES string of the molecule is O=C(O)CNC(COP(=O)(O)OC1CCC(c2ccccc2)(c2ccccc2)CC1)CN(CCCNC(C(=O)O)C(=O)O)CC(=O)O. The van der Waals surface area contributed by atoms with E-state index in [-0.39, 0.29) is 31.5 Å². The molecule has 0 radical (unpaired) electrons. The van der Waals surface area contributed by atoms with E-state index >= 15 is 0 Å². The van der Waals surface area contributed by atoms with Gasteiger partial charge in [-0.05, 0) is 49.8 Å². The van der Waals surface area contributed by atoms with E-state index in [1.54, 1.807) is 0 Å². The Hall–Kier alpha value is -3.69. The van der Waals surface area contributed by atoms with Crippen LogP contribution in [0.1, 0.15) is 43.2 Å². The molecule has 2 unspecified atom stereocenters. The second-order valence-electron chi connectivity index (χ2n) is 11.4. The first-order valence-corrected chi connectivity index (χ1v) is 16.7. The van der Waals surface area contributed by atoms with Gasteiger partial charge in [-0.2, -0.15) is 0 Å². The smallest absolute Gasteiger partial charge is 0.472 e. The number of carboxylic acid groups (broad SMARTS) is 4. The summed E-state index contributed by atoms with van der Waals surface area (Å²) in [4.78, 5) is 56.8. The number of hydrogen-bond acceptors (Lipinski definition) is 10. The second-order valence-corrected chi connectivity index (χ2v) is 12.8. The van der Waals surface area contributed by atoms with Crippen LogP contribution in [-0.4, -0.2) is 112 Å². The minimum atomic E-state index is -4.62.